The highest BCUT2D eigenvalue weighted by molar-refractivity contribution is 14.1. The smallest absolute Gasteiger partial charge is 0.164 e. The highest BCUT2D eigenvalue weighted by atomic mass is 127. The van der Waals surface area contributed by atoms with Crippen LogP contribution in [0.1, 0.15) is 44.8 Å². The van der Waals surface area contributed by atoms with E-state index in [9.17, 15) is 0 Å². The number of furan rings is 1. The molecular weight excluding hydrogens is 325 g/mol. The molecule has 96 valence electrons. The van der Waals surface area contributed by atoms with Crippen molar-refractivity contribution in [3.63, 3.8) is 0 Å². The maximum absolute atomic E-state index is 5.53. The van der Waals surface area contributed by atoms with Crippen molar-refractivity contribution in [1.29, 1.82) is 0 Å². The summed E-state index contributed by atoms with van der Waals surface area (Å²) in [4.78, 5) is 0. The third-order valence-corrected chi connectivity index (χ3v) is 4.48. The Hall–Kier alpha value is -0.0300. The number of rotatable bonds is 5. The first-order valence-electron chi connectivity index (χ1n) is 6.73. The van der Waals surface area contributed by atoms with E-state index in [1.165, 1.54) is 32.1 Å². The van der Waals surface area contributed by atoms with Crippen LogP contribution in [0.25, 0.3) is 0 Å². The molecule has 0 saturated heterocycles. The van der Waals surface area contributed by atoms with Crippen molar-refractivity contribution in [2.24, 2.45) is 11.8 Å². The molecule has 2 rings (SSSR count). The second-order valence-electron chi connectivity index (χ2n) is 5.13. The summed E-state index contributed by atoms with van der Waals surface area (Å²) >= 11 is 2.21. The molecule has 0 aliphatic heterocycles. The maximum atomic E-state index is 5.53. The molecule has 1 aliphatic carbocycles. The van der Waals surface area contributed by atoms with Crippen LogP contribution in [-0.2, 0) is 6.54 Å². The fourth-order valence-corrected chi connectivity index (χ4v) is 3.15. The predicted molar refractivity (Wildman–Crippen MR) is 78.9 cm³/mol. The van der Waals surface area contributed by atoms with E-state index in [4.69, 9.17) is 4.42 Å². The van der Waals surface area contributed by atoms with Gasteiger partial charge in [-0.15, -0.1) is 0 Å². The van der Waals surface area contributed by atoms with Crippen LogP contribution in [0.2, 0.25) is 0 Å². The van der Waals surface area contributed by atoms with Crippen molar-refractivity contribution < 1.29 is 4.42 Å². The van der Waals surface area contributed by atoms with E-state index in [0.717, 1.165) is 34.5 Å². The summed E-state index contributed by atoms with van der Waals surface area (Å²) in [5, 5.41) is 3.52. The molecule has 0 spiro atoms. The average Bonchev–Trinajstić information content (AvgIpc) is 2.76. The van der Waals surface area contributed by atoms with Crippen molar-refractivity contribution in [2.75, 3.05) is 6.54 Å². The van der Waals surface area contributed by atoms with E-state index in [0.29, 0.717) is 0 Å². The van der Waals surface area contributed by atoms with Crippen LogP contribution < -0.4 is 5.32 Å². The van der Waals surface area contributed by atoms with Crippen molar-refractivity contribution in [1.82, 2.24) is 5.32 Å². The number of hydrogen-bond acceptors (Lipinski definition) is 2. The zero-order valence-electron chi connectivity index (χ0n) is 10.5. The van der Waals surface area contributed by atoms with E-state index in [-0.39, 0.29) is 0 Å². The summed E-state index contributed by atoms with van der Waals surface area (Å²) in [7, 11) is 0. The summed E-state index contributed by atoms with van der Waals surface area (Å²) in [6.07, 6.45) is 7.04. The van der Waals surface area contributed by atoms with E-state index in [1.54, 1.807) is 0 Å². The Labute approximate surface area is 118 Å². The highest BCUT2D eigenvalue weighted by Gasteiger charge is 2.19. The summed E-state index contributed by atoms with van der Waals surface area (Å²) in [6.45, 7) is 4.34. The predicted octanol–water partition coefficient (Wildman–Crippen LogP) is 4.19. The molecule has 1 saturated carbocycles. The molecule has 1 aromatic heterocycles. The SMILES string of the molecule is CCC1CCC(CNCc2ccc(I)o2)CC1. The Kier molecular flexibility index (Phi) is 5.35. The minimum absolute atomic E-state index is 0.872. The van der Waals surface area contributed by atoms with E-state index in [1.807, 2.05) is 6.07 Å². The molecule has 1 aliphatic rings. The van der Waals surface area contributed by atoms with Crippen LogP contribution in [0.4, 0.5) is 0 Å². The van der Waals surface area contributed by atoms with Gasteiger partial charge in [-0.3, -0.25) is 0 Å². The third kappa shape index (κ3) is 4.28. The summed E-state index contributed by atoms with van der Waals surface area (Å²) in [5.74, 6) is 2.93. The lowest BCUT2D eigenvalue weighted by atomic mass is 9.81. The minimum atomic E-state index is 0.872. The van der Waals surface area contributed by atoms with Gasteiger partial charge in [-0.2, -0.15) is 0 Å². The second kappa shape index (κ2) is 6.78. The second-order valence-corrected chi connectivity index (χ2v) is 6.19. The van der Waals surface area contributed by atoms with Crippen LogP contribution in [-0.4, -0.2) is 6.54 Å². The van der Waals surface area contributed by atoms with Gasteiger partial charge in [0.05, 0.1) is 6.54 Å². The maximum Gasteiger partial charge on any atom is 0.164 e. The molecule has 1 fully saturated rings. The largest absolute Gasteiger partial charge is 0.454 e. The normalized spacial score (nSPS) is 25.1. The molecule has 0 atom stereocenters. The lowest BCUT2D eigenvalue weighted by molar-refractivity contribution is 0.260. The van der Waals surface area contributed by atoms with Gasteiger partial charge in [0.2, 0.25) is 0 Å². The fourth-order valence-electron chi connectivity index (χ4n) is 2.69. The van der Waals surface area contributed by atoms with Gasteiger partial charge in [-0.1, -0.05) is 26.2 Å². The lowest BCUT2D eigenvalue weighted by Gasteiger charge is -2.27. The molecule has 2 nitrogen and oxygen atoms in total. The topological polar surface area (TPSA) is 25.2 Å². The summed E-state index contributed by atoms with van der Waals surface area (Å²) in [5.41, 5.74) is 0. The van der Waals surface area contributed by atoms with Gasteiger partial charge in [0.1, 0.15) is 5.76 Å². The molecule has 1 aromatic rings. The quantitative estimate of drug-likeness (QED) is 0.808. The van der Waals surface area contributed by atoms with E-state index >= 15 is 0 Å². The van der Waals surface area contributed by atoms with E-state index in [2.05, 4.69) is 40.9 Å². The molecular formula is C14H22INO. The van der Waals surface area contributed by atoms with Crippen LogP contribution in [0.5, 0.6) is 0 Å². The van der Waals surface area contributed by atoms with Crippen molar-refractivity contribution in [3.05, 3.63) is 21.7 Å². The molecule has 0 aromatic carbocycles. The number of hydrogen-bond donors (Lipinski definition) is 1. The van der Waals surface area contributed by atoms with Gasteiger partial charge < -0.3 is 9.73 Å². The zero-order chi connectivity index (χ0) is 12.1. The molecule has 0 unspecified atom stereocenters. The van der Waals surface area contributed by atoms with Crippen LogP contribution in [0, 0.1) is 15.6 Å². The minimum Gasteiger partial charge on any atom is -0.454 e. The van der Waals surface area contributed by atoms with Crippen molar-refractivity contribution >= 4 is 22.6 Å². The molecule has 0 amide bonds. The first-order chi connectivity index (χ1) is 8.28. The zero-order valence-corrected chi connectivity index (χ0v) is 12.7. The summed E-state index contributed by atoms with van der Waals surface area (Å²) < 4.78 is 6.51. The van der Waals surface area contributed by atoms with Gasteiger partial charge in [0.15, 0.2) is 3.77 Å². The van der Waals surface area contributed by atoms with Crippen LogP contribution >= 0.6 is 22.6 Å². The Morgan fingerprint density at radius 3 is 2.53 bits per heavy atom. The van der Waals surface area contributed by atoms with Crippen LogP contribution in [0.3, 0.4) is 0 Å². The number of nitrogens with one attached hydrogen (secondary N) is 1. The molecule has 1 N–H and O–H groups in total. The Morgan fingerprint density at radius 1 is 1.24 bits per heavy atom. The highest BCUT2D eigenvalue weighted by Crippen LogP contribution is 2.30. The first-order valence-corrected chi connectivity index (χ1v) is 7.80. The Morgan fingerprint density at radius 2 is 1.94 bits per heavy atom. The molecule has 1 heterocycles. The van der Waals surface area contributed by atoms with Gasteiger partial charge in [0.25, 0.3) is 0 Å². The number of halogens is 1. The summed E-state index contributed by atoms with van der Waals surface area (Å²) in [6, 6.07) is 4.08. The van der Waals surface area contributed by atoms with Crippen LogP contribution in [0.15, 0.2) is 16.5 Å². The van der Waals surface area contributed by atoms with E-state index < -0.39 is 0 Å². The van der Waals surface area contributed by atoms with Gasteiger partial charge >= 0.3 is 0 Å². The third-order valence-electron chi connectivity index (χ3n) is 3.90. The van der Waals surface area contributed by atoms with Crippen molar-refractivity contribution in [3.8, 4) is 0 Å². The van der Waals surface area contributed by atoms with Gasteiger partial charge in [0, 0.05) is 0 Å². The standard InChI is InChI=1S/C14H22INO/c1-2-11-3-5-12(6-4-11)9-16-10-13-7-8-14(15)17-13/h7-8,11-12,16H,2-6,9-10H2,1H3. The molecule has 17 heavy (non-hydrogen) atoms. The van der Waals surface area contributed by atoms with Gasteiger partial charge in [-0.25, -0.2) is 0 Å². The average molecular weight is 347 g/mol. The first kappa shape index (κ1) is 13.4. The Bertz CT molecular complexity index is 329. The monoisotopic (exact) mass is 347 g/mol. The molecule has 0 bridgehead atoms. The Balaban J connectivity index is 1.63. The fraction of sp³-hybridized carbons (Fsp3) is 0.714. The lowest BCUT2D eigenvalue weighted by Crippen LogP contribution is -2.26. The molecule has 0 radical (unpaired) electrons. The van der Waals surface area contributed by atoms with Crippen molar-refractivity contribution in [2.45, 2.75) is 45.6 Å². The molecule has 3 heteroatoms. The van der Waals surface area contributed by atoms with Gasteiger partial charge in [-0.05, 0) is 65.9 Å².